The van der Waals surface area contributed by atoms with E-state index >= 15 is 0 Å². The van der Waals surface area contributed by atoms with E-state index in [2.05, 4.69) is 4.74 Å². The maximum Gasteiger partial charge on any atom is 0.432 e. The summed E-state index contributed by atoms with van der Waals surface area (Å²) in [5.74, 6) is -0.191. The van der Waals surface area contributed by atoms with Crippen molar-refractivity contribution in [3.8, 4) is 11.5 Å². The number of amides is 1. The molecule has 0 fully saturated rings. The number of rotatable bonds is 6. The molecule has 0 radical (unpaired) electrons. The first-order valence-electron chi connectivity index (χ1n) is 8.16. The molecule has 0 spiro atoms. The Morgan fingerprint density at radius 2 is 2.00 bits per heavy atom. The summed E-state index contributed by atoms with van der Waals surface area (Å²) in [5, 5.41) is 1.65. The minimum Gasteiger partial charge on any atom is -0.454 e. The molecule has 10 heteroatoms. The Bertz CT molecular complexity index is 853. The standard InChI is InChI=1S/C18H16F3NO5S/c1-22(9-11-4-5-14-15(7-11)26-10-25-14)17(24)27-16(18(19,20)21)13(23)8-12-3-2-6-28-12/h2-7,16H,8-10H2,1H3. The van der Waals surface area contributed by atoms with Crippen LogP contribution in [0.25, 0.3) is 0 Å². The fourth-order valence-electron chi connectivity index (χ4n) is 2.56. The molecule has 0 bridgehead atoms. The Labute approximate surface area is 162 Å². The van der Waals surface area contributed by atoms with Gasteiger partial charge in [0.05, 0.1) is 0 Å². The number of benzene rings is 1. The predicted molar refractivity (Wildman–Crippen MR) is 93.4 cm³/mol. The maximum absolute atomic E-state index is 13.3. The van der Waals surface area contributed by atoms with Crippen molar-refractivity contribution in [3.63, 3.8) is 0 Å². The van der Waals surface area contributed by atoms with Gasteiger partial charge in [-0.3, -0.25) is 4.79 Å². The summed E-state index contributed by atoms with van der Waals surface area (Å²) in [6, 6.07) is 8.08. The molecule has 28 heavy (non-hydrogen) atoms. The van der Waals surface area contributed by atoms with Crippen molar-refractivity contribution in [2.24, 2.45) is 0 Å². The lowest BCUT2D eigenvalue weighted by molar-refractivity contribution is -0.205. The van der Waals surface area contributed by atoms with E-state index in [1.807, 2.05) is 0 Å². The Balaban J connectivity index is 1.64. The molecule has 2 aromatic rings. The van der Waals surface area contributed by atoms with E-state index in [9.17, 15) is 22.8 Å². The highest BCUT2D eigenvalue weighted by molar-refractivity contribution is 7.10. The minimum absolute atomic E-state index is 0.0286. The molecule has 1 unspecified atom stereocenters. The Hall–Kier alpha value is -2.75. The lowest BCUT2D eigenvalue weighted by Gasteiger charge is -2.23. The van der Waals surface area contributed by atoms with Crippen molar-refractivity contribution in [1.29, 1.82) is 0 Å². The van der Waals surface area contributed by atoms with Crippen LogP contribution in [0.3, 0.4) is 0 Å². The number of hydrogen-bond donors (Lipinski definition) is 0. The second kappa shape index (κ2) is 8.09. The van der Waals surface area contributed by atoms with Gasteiger partial charge in [-0.25, -0.2) is 4.79 Å². The second-order valence-electron chi connectivity index (χ2n) is 6.07. The summed E-state index contributed by atoms with van der Waals surface area (Å²) < 4.78 is 54.7. The molecule has 6 nitrogen and oxygen atoms in total. The van der Waals surface area contributed by atoms with Crippen LogP contribution in [0.15, 0.2) is 35.7 Å². The third-order valence-corrected chi connectivity index (χ3v) is 4.78. The van der Waals surface area contributed by atoms with Crippen LogP contribution < -0.4 is 9.47 Å². The quantitative estimate of drug-likeness (QED) is 0.718. The number of ketones is 1. The third kappa shape index (κ3) is 4.75. The van der Waals surface area contributed by atoms with Crippen molar-refractivity contribution >= 4 is 23.2 Å². The summed E-state index contributed by atoms with van der Waals surface area (Å²) >= 11 is 1.15. The van der Waals surface area contributed by atoms with Gasteiger partial charge in [0.25, 0.3) is 6.10 Å². The van der Waals surface area contributed by atoms with E-state index in [1.54, 1.807) is 35.7 Å². The number of halogens is 3. The van der Waals surface area contributed by atoms with Gasteiger partial charge in [-0.05, 0) is 29.1 Å². The van der Waals surface area contributed by atoms with Crippen LogP contribution in [0.5, 0.6) is 11.5 Å². The van der Waals surface area contributed by atoms with E-state index in [0.717, 1.165) is 16.2 Å². The fraction of sp³-hybridized carbons (Fsp3) is 0.333. The van der Waals surface area contributed by atoms with Gasteiger partial charge in [-0.2, -0.15) is 13.2 Å². The highest BCUT2D eigenvalue weighted by atomic mass is 32.1. The summed E-state index contributed by atoms with van der Waals surface area (Å²) in [4.78, 5) is 25.6. The van der Waals surface area contributed by atoms with Crippen molar-refractivity contribution in [1.82, 2.24) is 4.90 Å². The lowest BCUT2D eigenvalue weighted by atomic mass is 10.1. The fourth-order valence-corrected chi connectivity index (χ4v) is 3.28. The molecule has 1 amide bonds. The molecule has 0 N–H and O–H groups in total. The molecule has 0 saturated carbocycles. The zero-order chi connectivity index (χ0) is 20.3. The van der Waals surface area contributed by atoms with Crippen molar-refractivity contribution in [2.45, 2.75) is 25.2 Å². The molecule has 1 aromatic heterocycles. The van der Waals surface area contributed by atoms with Crippen LogP contribution in [0.2, 0.25) is 0 Å². The van der Waals surface area contributed by atoms with Gasteiger partial charge in [-0.15, -0.1) is 11.3 Å². The summed E-state index contributed by atoms with van der Waals surface area (Å²) in [5.41, 5.74) is 0.608. The zero-order valence-electron chi connectivity index (χ0n) is 14.7. The lowest BCUT2D eigenvalue weighted by Crippen LogP contribution is -2.44. The molecule has 0 aliphatic carbocycles. The van der Waals surface area contributed by atoms with Crippen LogP contribution in [0.1, 0.15) is 10.4 Å². The van der Waals surface area contributed by atoms with Gasteiger partial charge >= 0.3 is 12.3 Å². The second-order valence-corrected chi connectivity index (χ2v) is 7.10. The number of ether oxygens (including phenoxy) is 3. The normalized spacial score (nSPS) is 13.9. The average Bonchev–Trinajstić information content (AvgIpc) is 3.29. The largest absolute Gasteiger partial charge is 0.454 e. The Morgan fingerprint density at radius 1 is 1.25 bits per heavy atom. The first-order valence-corrected chi connectivity index (χ1v) is 9.04. The number of fused-ring (bicyclic) bond motifs is 1. The monoisotopic (exact) mass is 415 g/mol. The van der Waals surface area contributed by atoms with E-state index in [0.29, 0.717) is 21.9 Å². The molecule has 1 aliphatic heterocycles. The van der Waals surface area contributed by atoms with E-state index in [1.165, 1.54) is 7.05 Å². The van der Waals surface area contributed by atoms with E-state index in [4.69, 9.17) is 9.47 Å². The van der Waals surface area contributed by atoms with Crippen LogP contribution in [0, 0.1) is 0 Å². The number of Topliss-reactive ketones (excluding diaryl/α,β-unsaturated/α-hetero) is 1. The van der Waals surface area contributed by atoms with Crippen LogP contribution in [-0.4, -0.2) is 42.9 Å². The smallest absolute Gasteiger partial charge is 0.432 e. The van der Waals surface area contributed by atoms with E-state index < -0.39 is 30.6 Å². The van der Waals surface area contributed by atoms with Gasteiger partial charge in [-0.1, -0.05) is 12.1 Å². The molecule has 0 saturated heterocycles. The summed E-state index contributed by atoms with van der Waals surface area (Å²) in [6.07, 6.45) is -9.52. The van der Waals surface area contributed by atoms with Gasteiger partial charge in [0, 0.05) is 24.9 Å². The molecule has 1 aliphatic rings. The number of thiophene rings is 1. The Kier molecular flexibility index (Phi) is 5.78. The maximum atomic E-state index is 13.3. The molecular weight excluding hydrogens is 399 g/mol. The number of hydrogen-bond acceptors (Lipinski definition) is 6. The summed E-state index contributed by atoms with van der Waals surface area (Å²) in [6.45, 7) is 0.0510. The van der Waals surface area contributed by atoms with Crippen molar-refractivity contribution in [3.05, 3.63) is 46.2 Å². The highest BCUT2D eigenvalue weighted by Crippen LogP contribution is 2.33. The van der Waals surface area contributed by atoms with Gasteiger partial charge in [0.1, 0.15) is 0 Å². The number of carbonyl (C=O) groups excluding carboxylic acids is 2. The zero-order valence-corrected chi connectivity index (χ0v) is 15.5. The molecule has 1 atom stereocenters. The first kappa shape index (κ1) is 20.0. The molecular formula is C18H16F3NO5S. The number of alkyl halides is 3. The highest BCUT2D eigenvalue weighted by Gasteiger charge is 2.48. The molecule has 150 valence electrons. The van der Waals surface area contributed by atoms with Gasteiger partial charge < -0.3 is 19.1 Å². The molecule has 1 aromatic carbocycles. The third-order valence-electron chi connectivity index (χ3n) is 3.91. The van der Waals surface area contributed by atoms with Crippen LogP contribution in [0.4, 0.5) is 18.0 Å². The van der Waals surface area contributed by atoms with Gasteiger partial charge in [0.2, 0.25) is 6.79 Å². The predicted octanol–water partition coefficient (Wildman–Crippen LogP) is 3.79. The van der Waals surface area contributed by atoms with Crippen molar-refractivity contribution < 1.29 is 37.0 Å². The number of nitrogens with zero attached hydrogens (tertiary/aromatic N) is 1. The minimum atomic E-state index is -5.00. The Morgan fingerprint density at radius 3 is 2.68 bits per heavy atom. The van der Waals surface area contributed by atoms with Crippen LogP contribution in [-0.2, 0) is 22.5 Å². The van der Waals surface area contributed by atoms with E-state index in [-0.39, 0.29) is 13.3 Å². The molecule has 3 rings (SSSR count). The topological polar surface area (TPSA) is 65.1 Å². The van der Waals surface area contributed by atoms with Crippen LogP contribution >= 0.6 is 11.3 Å². The van der Waals surface area contributed by atoms with Crippen molar-refractivity contribution in [2.75, 3.05) is 13.8 Å². The average molecular weight is 415 g/mol. The first-order chi connectivity index (χ1) is 13.2. The van der Waals surface area contributed by atoms with Gasteiger partial charge in [0.15, 0.2) is 17.3 Å². The summed E-state index contributed by atoms with van der Waals surface area (Å²) in [7, 11) is 1.28. The molecule has 2 heterocycles. The SMILES string of the molecule is CN(Cc1ccc2c(c1)OCO2)C(=O)OC(C(=O)Cc1cccs1)C(F)(F)F. The number of carbonyl (C=O) groups is 2.